The van der Waals surface area contributed by atoms with Crippen LogP contribution in [0.15, 0.2) is 0 Å². The molecule has 0 aromatic carbocycles. The van der Waals surface area contributed by atoms with Crippen LogP contribution in [0.3, 0.4) is 0 Å². The molecule has 3 N–H and O–H groups in total. The third-order valence-electron chi connectivity index (χ3n) is 1.73. The molecule has 0 aliphatic rings. The second-order valence-electron chi connectivity index (χ2n) is 2.65. The molecule has 0 aromatic rings. The minimum Gasteiger partial charge on any atom is -0.357 e. The standard InChI is InChI=1S/C8H12N4O3/c1-10-8(15)7(12-5-14)2-6(3-9)11-4-13/h4-7H,2H2,1H3,(H,10,15)(H,11,13)(H,12,14)/t6?,7-/m0/s1. The molecule has 0 spiro atoms. The third kappa shape index (κ3) is 4.61. The SMILES string of the molecule is CNC(=O)[C@H](CC(C#N)NC=O)NC=O. The molecule has 0 aliphatic carbocycles. The molecule has 1 unspecified atom stereocenters. The lowest BCUT2D eigenvalue weighted by Crippen LogP contribution is -2.46. The van der Waals surface area contributed by atoms with Crippen LogP contribution in [0.5, 0.6) is 0 Å². The Balaban J connectivity index is 4.37. The number of hydrogen-bond acceptors (Lipinski definition) is 4. The van der Waals surface area contributed by atoms with Gasteiger partial charge in [-0.15, -0.1) is 0 Å². The van der Waals surface area contributed by atoms with E-state index < -0.39 is 18.0 Å². The summed E-state index contributed by atoms with van der Waals surface area (Å²) in [5.74, 6) is -0.421. The average molecular weight is 212 g/mol. The van der Waals surface area contributed by atoms with Crippen LogP contribution in [0.4, 0.5) is 0 Å². The van der Waals surface area contributed by atoms with E-state index in [9.17, 15) is 14.4 Å². The Kier molecular flexibility index (Phi) is 6.29. The van der Waals surface area contributed by atoms with Gasteiger partial charge in [-0.1, -0.05) is 0 Å². The van der Waals surface area contributed by atoms with Crippen LogP contribution < -0.4 is 16.0 Å². The number of likely N-dealkylation sites (N-methyl/N-ethyl adjacent to an activating group) is 1. The predicted octanol–water partition coefficient (Wildman–Crippen LogP) is -2.12. The van der Waals surface area contributed by atoms with E-state index in [2.05, 4.69) is 16.0 Å². The Hall–Kier alpha value is -2.10. The van der Waals surface area contributed by atoms with Gasteiger partial charge >= 0.3 is 0 Å². The number of hydrogen-bond donors (Lipinski definition) is 3. The fourth-order valence-electron chi connectivity index (χ4n) is 0.983. The van der Waals surface area contributed by atoms with E-state index in [1.54, 1.807) is 6.07 Å². The lowest BCUT2D eigenvalue weighted by atomic mass is 10.1. The molecule has 0 fully saturated rings. The Morgan fingerprint density at radius 3 is 2.40 bits per heavy atom. The summed E-state index contributed by atoms with van der Waals surface area (Å²) in [4.78, 5) is 31.5. The second-order valence-corrected chi connectivity index (χ2v) is 2.65. The van der Waals surface area contributed by atoms with E-state index in [-0.39, 0.29) is 6.42 Å². The summed E-state index contributed by atoms with van der Waals surface area (Å²) in [5.41, 5.74) is 0. The summed E-state index contributed by atoms with van der Waals surface area (Å²) in [7, 11) is 1.41. The first-order valence-electron chi connectivity index (χ1n) is 4.20. The molecule has 0 saturated heterocycles. The maximum atomic E-state index is 11.2. The van der Waals surface area contributed by atoms with Crippen molar-refractivity contribution in [3.05, 3.63) is 0 Å². The molecule has 0 aliphatic heterocycles. The van der Waals surface area contributed by atoms with Crippen molar-refractivity contribution >= 4 is 18.7 Å². The number of nitrogens with zero attached hydrogens (tertiary/aromatic N) is 1. The molecule has 0 rings (SSSR count). The molecule has 2 atom stereocenters. The van der Waals surface area contributed by atoms with Crippen LogP contribution in [-0.2, 0) is 14.4 Å². The van der Waals surface area contributed by atoms with Gasteiger partial charge in [-0.2, -0.15) is 5.26 Å². The van der Waals surface area contributed by atoms with Gasteiger partial charge in [0.25, 0.3) is 0 Å². The lowest BCUT2D eigenvalue weighted by Gasteiger charge is -2.16. The summed E-state index contributed by atoms with van der Waals surface area (Å²) in [6.45, 7) is 0. The Bertz CT molecular complexity index is 274. The number of amides is 3. The van der Waals surface area contributed by atoms with Crippen molar-refractivity contribution in [3.8, 4) is 6.07 Å². The van der Waals surface area contributed by atoms with Crippen LogP contribution in [-0.4, -0.2) is 37.9 Å². The van der Waals surface area contributed by atoms with E-state index in [1.165, 1.54) is 7.05 Å². The molecule has 0 aromatic heterocycles. The first-order valence-corrected chi connectivity index (χ1v) is 4.20. The summed E-state index contributed by atoms with van der Waals surface area (Å²) in [6.07, 6.45) is 0.763. The maximum Gasteiger partial charge on any atom is 0.242 e. The van der Waals surface area contributed by atoms with Crippen molar-refractivity contribution < 1.29 is 14.4 Å². The molecule has 0 radical (unpaired) electrons. The second kappa shape index (κ2) is 7.32. The quantitative estimate of drug-likeness (QED) is 0.419. The minimum atomic E-state index is -0.829. The highest BCUT2D eigenvalue weighted by Crippen LogP contribution is 1.97. The van der Waals surface area contributed by atoms with Crippen molar-refractivity contribution in [2.24, 2.45) is 0 Å². The molecular formula is C8H12N4O3. The fraction of sp³-hybridized carbons (Fsp3) is 0.500. The zero-order chi connectivity index (χ0) is 11.7. The number of rotatable bonds is 7. The zero-order valence-corrected chi connectivity index (χ0v) is 8.19. The van der Waals surface area contributed by atoms with Crippen LogP contribution in [0.1, 0.15) is 6.42 Å². The highest BCUT2D eigenvalue weighted by molar-refractivity contribution is 5.83. The van der Waals surface area contributed by atoms with Gasteiger partial charge in [-0.3, -0.25) is 14.4 Å². The van der Waals surface area contributed by atoms with Crippen molar-refractivity contribution in [1.29, 1.82) is 5.26 Å². The van der Waals surface area contributed by atoms with Crippen LogP contribution >= 0.6 is 0 Å². The molecule has 15 heavy (non-hydrogen) atoms. The summed E-state index contributed by atoms with van der Waals surface area (Å²) in [6, 6.07) is 0.155. The van der Waals surface area contributed by atoms with Crippen molar-refractivity contribution in [2.45, 2.75) is 18.5 Å². The van der Waals surface area contributed by atoms with Crippen molar-refractivity contribution in [3.63, 3.8) is 0 Å². The number of nitriles is 1. The first-order chi connectivity index (χ1) is 7.19. The Morgan fingerprint density at radius 2 is 2.00 bits per heavy atom. The molecule has 0 bridgehead atoms. The molecule has 0 saturated carbocycles. The maximum absolute atomic E-state index is 11.2. The average Bonchev–Trinajstić information content (AvgIpc) is 2.26. The van der Waals surface area contributed by atoms with Gasteiger partial charge in [-0.05, 0) is 0 Å². The van der Waals surface area contributed by atoms with Gasteiger partial charge in [0.05, 0.1) is 6.07 Å². The van der Waals surface area contributed by atoms with E-state index in [0.717, 1.165) is 0 Å². The molecule has 82 valence electrons. The summed E-state index contributed by atoms with van der Waals surface area (Å²) < 4.78 is 0. The molecule has 7 heteroatoms. The van der Waals surface area contributed by atoms with Crippen molar-refractivity contribution in [1.82, 2.24) is 16.0 Å². The van der Waals surface area contributed by atoms with Gasteiger partial charge in [-0.25, -0.2) is 0 Å². The largest absolute Gasteiger partial charge is 0.357 e. The fourth-order valence-corrected chi connectivity index (χ4v) is 0.983. The van der Waals surface area contributed by atoms with Gasteiger partial charge in [0, 0.05) is 13.5 Å². The highest BCUT2D eigenvalue weighted by atomic mass is 16.2. The Labute approximate surface area is 86.8 Å². The van der Waals surface area contributed by atoms with Crippen LogP contribution in [0.2, 0.25) is 0 Å². The number of carbonyl (C=O) groups is 3. The highest BCUT2D eigenvalue weighted by Gasteiger charge is 2.20. The predicted molar refractivity (Wildman–Crippen MR) is 50.3 cm³/mol. The van der Waals surface area contributed by atoms with Crippen molar-refractivity contribution in [2.75, 3.05) is 7.05 Å². The third-order valence-corrected chi connectivity index (χ3v) is 1.73. The molecule has 7 nitrogen and oxygen atoms in total. The van der Waals surface area contributed by atoms with Gasteiger partial charge in [0.15, 0.2) is 0 Å². The number of carbonyl (C=O) groups excluding carboxylic acids is 3. The molecule has 3 amide bonds. The molecule has 0 heterocycles. The summed E-state index contributed by atoms with van der Waals surface area (Å²) in [5, 5.41) is 15.4. The topological polar surface area (TPSA) is 111 Å². The number of nitrogens with one attached hydrogen (secondary N) is 3. The van der Waals surface area contributed by atoms with Gasteiger partial charge in [0.2, 0.25) is 18.7 Å². The Morgan fingerprint density at radius 1 is 1.40 bits per heavy atom. The van der Waals surface area contributed by atoms with E-state index in [4.69, 9.17) is 5.26 Å². The summed E-state index contributed by atoms with van der Waals surface area (Å²) >= 11 is 0. The van der Waals surface area contributed by atoms with E-state index in [1.807, 2.05) is 0 Å². The van der Waals surface area contributed by atoms with Gasteiger partial charge < -0.3 is 16.0 Å². The normalized spacial score (nSPS) is 12.8. The monoisotopic (exact) mass is 212 g/mol. The van der Waals surface area contributed by atoms with Gasteiger partial charge in [0.1, 0.15) is 12.1 Å². The first kappa shape index (κ1) is 12.9. The zero-order valence-electron chi connectivity index (χ0n) is 8.19. The van der Waals surface area contributed by atoms with E-state index >= 15 is 0 Å². The van der Waals surface area contributed by atoms with E-state index in [0.29, 0.717) is 12.8 Å². The smallest absolute Gasteiger partial charge is 0.242 e. The van der Waals surface area contributed by atoms with Crippen LogP contribution in [0.25, 0.3) is 0 Å². The lowest BCUT2D eigenvalue weighted by molar-refractivity contribution is -0.125. The minimum absolute atomic E-state index is 0.0215. The molecular weight excluding hydrogens is 200 g/mol. The van der Waals surface area contributed by atoms with Crippen LogP contribution in [0, 0.1) is 11.3 Å².